The van der Waals surface area contributed by atoms with Crippen LogP contribution in [-0.4, -0.2) is 40.6 Å². The predicted octanol–water partition coefficient (Wildman–Crippen LogP) is 5.66. The maximum absolute atomic E-state index is 13.7. The number of benzene rings is 2. The molecule has 166 valence electrons. The average molecular weight is 454 g/mol. The molecule has 31 heavy (non-hydrogen) atoms. The number of ether oxygens (including phenoxy) is 1. The summed E-state index contributed by atoms with van der Waals surface area (Å²) >= 11 is 0. The van der Waals surface area contributed by atoms with Crippen LogP contribution in [0.15, 0.2) is 41.0 Å². The minimum Gasteiger partial charge on any atom is -0.481 e. The van der Waals surface area contributed by atoms with Gasteiger partial charge in [-0.25, -0.2) is 18.7 Å². The fourth-order valence-electron chi connectivity index (χ4n) is 3.15. The summed E-state index contributed by atoms with van der Waals surface area (Å²) in [5.74, 6) is 3.22. The van der Waals surface area contributed by atoms with E-state index in [0.29, 0.717) is 16.8 Å². The first-order chi connectivity index (χ1) is 14.3. The molecule has 0 spiro atoms. The minimum atomic E-state index is -4.56. The van der Waals surface area contributed by atoms with E-state index in [2.05, 4.69) is 20.2 Å². The summed E-state index contributed by atoms with van der Waals surface area (Å²) < 4.78 is 62.3. The van der Waals surface area contributed by atoms with Gasteiger partial charge in [-0.05, 0) is 50.1 Å². The molecule has 0 amide bonds. The number of rotatable bonds is 5. The number of nitrogens with zero attached hydrogens (tertiary/aromatic N) is 3. The van der Waals surface area contributed by atoms with Crippen LogP contribution in [0.2, 0.25) is 0 Å². The van der Waals surface area contributed by atoms with E-state index < -0.39 is 27.5 Å². The predicted molar refractivity (Wildman–Crippen MR) is 118 cm³/mol. The van der Waals surface area contributed by atoms with Crippen molar-refractivity contribution in [1.29, 1.82) is 0 Å². The topological polar surface area (TPSA) is 47.4 Å². The van der Waals surface area contributed by atoms with E-state index in [1.807, 2.05) is 31.6 Å². The van der Waals surface area contributed by atoms with Gasteiger partial charge in [0.2, 0.25) is 0 Å². The second-order valence-corrected chi connectivity index (χ2v) is 10.9. The second kappa shape index (κ2) is 8.45. The third-order valence-corrected chi connectivity index (χ3v) is 5.21. The number of hydrogen-bond donors (Lipinski definition) is 0. The normalized spacial score (nSPS) is 13.3. The van der Waals surface area contributed by atoms with Gasteiger partial charge in [0, 0.05) is 23.4 Å². The Labute approximate surface area is 179 Å². The minimum absolute atomic E-state index is 0.155. The number of fused-ring (bicyclic) bond motifs is 1. The van der Waals surface area contributed by atoms with E-state index >= 15 is 0 Å². The second-order valence-electron chi connectivity index (χ2n) is 7.78. The van der Waals surface area contributed by atoms with E-state index in [-0.39, 0.29) is 12.2 Å². The van der Waals surface area contributed by atoms with Crippen LogP contribution in [0.4, 0.5) is 23.2 Å². The van der Waals surface area contributed by atoms with Gasteiger partial charge in [-0.2, -0.15) is 13.2 Å². The third kappa shape index (κ3) is 5.72. The van der Waals surface area contributed by atoms with Crippen LogP contribution in [-0.2, 0) is 15.8 Å². The number of aromatic nitrogens is 2. The zero-order valence-corrected chi connectivity index (χ0v) is 18.4. The fraction of sp³-hybridized carbons (Fsp3) is 0.318. The Morgan fingerprint density at radius 1 is 1.16 bits per heavy atom. The van der Waals surface area contributed by atoms with E-state index in [9.17, 15) is 17.6 Å². The summed E-state index contributed by atoms with van der Waals surface area (Å²) in [5.41, 5.74) is 3.30. The van der Waals surface area contributed by atoms with Crippen molar-refractivity contribution in [2.45, 2.75) is 32.5 Å². The van der Waals surface area contributed by atoms with Crippen molar-refractivity contribution in [3.63, 3.8) is 0 Å². The highest BCUT2D eigenvalue weighted by molar-refractivity contribution is 8.01. The van der Waals surface area contributed by atoms with Gasteiger partial charge in [-0.15, -0.1) is 9.41 Å². The molecule has 1 heterocycles. The molecule has 0 saturated carbocycles. The molecule has 0 aliphatic rings. The van der Waals surface area contributed by atoms with E-state index in [1.54, 1.807) is 0 Å². The number of halogens is 4. The van der Waals surface area contributed by atoms with Crippen molar-refractivity contribution in [1.82, 2.24) is 9.97 Å². The molecule has 3 aromatic rings. The van der Waals surface area contributed by atoms with Gasteiger partial charge in [0.05, 0.1) is 16.9 Å². The number of aryl methyl sites for hydroxylation is 1. The standard InChI is InChI=1S/C22H23F4N3OS/c1-13-8-17(29-31(3,4)5)11-19-21(13)18(27-12-28-19)9-15-6-7-16(23)10-20(15)30-14(2)22(24,25)26/h6-8,10-12,14H,3,9H2,1-2,4-5H3. The van der Waals surface area contributed by atoms with Gasteiger partial charge in [-0.1, -0.05) is 11.9 Å². The van der Waals surface area contributed by atoms with Crippen LogP contribution >= 0.6 is 0 Å². The van der Waals surface area contributed by atoms with Gasteiger partial charge < -0.3 is 4.74 Å². The van der Waals surface area contributed by atoms with Crippen LogP contribution in [0.5, 0.6) is 5.75 Å². The first-order valence-electron chi connectivity index (χ1n) is 9.39. The first-order valence-corrected chi connectivity index (χ1v) is 12.0. The van der Waals surface area contributed by atoms with Gasteiger partial charge in [-0.3, -0.25) is 0 Å². The van der Waals surface area contributed by atoms with Crippen molar-refractivity contribution in [3.8, 4) is 5.75 Å². The highest BCUT2D eigenvalue weighted by Crippen LogP contribution is 2.32. The zero-order valence-electron chi connectivity index (χ0n) is 17.6. The average Bonchev–Trinajstić information content (AvgIpc) is 2.61. The molecule has 9 heteroatoms. The molecule has 0 radical (unpaired) electrons. The quantitative estimate of drug-likeness (QED) is 0.370. The van der Waals surface area contributed by atoms with Crippen molar-refractivity contribution in [2.75, 3.05) is 12.5 Å². The highest BCUT2D eigenvalue weighted by atomic mass is 32.2. The molecule has 0 N–H and O–H groups in total. The molecule has 1 aromatic heterocycles. The lowest BCUT2D eigenvalue weighted by Crippen LogP contribution is -2.31. The van der Waals surface area contributed by atoms with Crippen molar-refractivity contribution >= 4 is 31.9 Å². The van der Waals surface area contributed by atoms with Crippen molar-refractivity contribution in [2.24, 2.45) is 4.36 Å². The molecule has 1 unspecified atom stereocenters. The molecular weight excluding hydrogens is 430 g/mol. The Morgan fingerprint density at radius 2 is 1.87 bits per heavy atom. The highest BCUT2D eigenvalue weighted by Gasteiger charge is 2.38. The molecule has 0 fully saturated rings. The zero-order chi connectivity index (χ0) is 23.0. The summed E-state index contributed by atoms with van der Waals surface area (Å²) in [6, 6.07) is 7.30. The molecule has 0 aliphatic heterocycles. The van der Waals surface area contributed by atoms with Crippen LogP contribution in [0, 0.1) is 12.7 Å². The van der Waals surface area contributed by atoms with Crippen LogP contribution < -0.4 is 4.74 Å². The van der Waals surface area contributed by atoms with E-state index in [4.69, 9.17) is 4.74 Å². The van der Waals surface area contributed by atoms with Gasteiger partial charge in [0.25, 0.3) is 0 Å². The third-order valence-electron chi connectivity index (χ3n) is 4.50. The van der Waals surface area contributed by atoms with Crippen molar-refractivity contribution in [3.05, 3.63) is 59.3 Å². The maximum atomic E-state index is 13.7. The molecule has 0 saturated heterocycles. The first kappa shape index (κ1) is 23.0. The lowest BCUT2D eigenvalue weighted by Gasteiger charge is -2.20. The summed E-state index contributed by atoms with van der Waals surface area (Å²) in [4.78, 5) is 8.67. The van der Waals surface area contributed by atoms with E-state index in [1.165, 1.54) is 18.5 Å². The number of alkyl halides is 3. The smallest absolute Gasteiger partial charge is 0.425 e. The summed E-state index contributed by atoms with van der Waals surface area (Å²) in [6.07, 6.45) is -1.15. The molecule has 1 atom stereocenters. The maximum Gasteiger partial charge on any atom is 0.425 e. The molecule has 3 rings (SSSR count). The fourth-order valence-corrected chi connectivity index (χ4v) is 3.82. The van der Waals surface area contributed by atoms with Crippen LogP contribution in [0.25, 0.3) is 10.9 Å². The molecule has 2 aromatic carbocycles. The Hall–Kier alpha value is -2.68. The molecule has 0 bridgehead atoms. The Balaban J connectivity index is 2.06. The van der Waals surface area contributed by atoms with Gasteiger partial charge >= 0.3 is 6.18 Å². The van der Waals surface area contributed by atoms with E-state index in [0.717, 1.165) is 29.6 Å². The van der Waals surface area contributed by atoms with Crippen LogP contribution in [0.3, 0.4) is 0 Å². The SMILES string of the molecule is C=S(C)(C)=Nc1cc(C)c2c(Cc3ccc(F)cc3OC(C)C(F)(F)F)ncnc2c1. The summed E-state index contributed by atoms with van der Waals surface area (Å²) in [6.45, 7) is 2.78. The largest absolute Gasteiger partial charge is 0.481 e. The Bertz CT molecular complexity index is 1240. The number of hydrogen-bond acceptors (Lipinski definition) is 4. The Kier molecular flexibility index (Phi) is 6.27. The molecule has 0 aliphatic carbocycles. The van der Waals surface area contributed by atoms with Gasteiger partial charge in [0.1, 0.15) is 17.9 Å². The summed E-state index contributed by atoms with van der Waals surface area (Å²) in [5, 5.41) is 0.775. The lowest BCUT2D eigenvalue weighted by molar-refractivity contribution is -0.189. The van der Waals surface area contributed by atoms with Crippen molar-refractivity contribution < 1.29 is 22.3 Å². The van der Waals surface area contributed by atoms with Crippen LogP contribution in [0.1, 0.15) is 23.7 Å². The molecular formula is C22H23F4N3OS. The monoisotopic (exact) mass is 453 g/mol. The summed E-state index contributed by atoms with van der Waals surface area (Å²) in [7, 11) is -1.37. The molecule has 4 nitrogen and oxygen atoms in total. The lowest BCUT2D eigenvalue weighted by atomic mass is 10.0. The van der Waals surface area contributed by atoms with Gasteiger partial charge in [0.15, 0.2) is 6.10 Å². The Morgan fingerprint density at radius 3 is 2.52 bits per heavy atom.